The second-order valence-corrected chi connectivity index (χ2v) is 9.96. The largest absolute Gasteiger partial charge is 0.431 e. The number of hydrogen-bond donors (Lipinski definition) is 1. The van der Waals surface area contributed by atoms with Crippen LogP contribution in [0.2, 0.25) is 0 Å². The number of ether oxygens (including phenoxy) is 1. The average molecular weight is 461 g/mol. The van der Waals surface area contributed by atoms with Gasteiger partial charge in [0, 0.05) is 61.6 Å². The molecule has 0 spiro atoms. The maximum Gasteiger partial charge on any atom is 0.387 e. The van der Waals surface area contributed by atoms with Gasteiger partial charge in [-0.05, 0) is 57.2 Å². The zero-order valence-corrected chi connectivity index (χ0v) is 19.6. The van der Waals surface area contributed by atoms with E-state index in [2.05, 4.69) is 51.2 Å². The third kappa shape index (κ3) is 4.33. The molecule has 7 nitrogen and oxygen atoms in total. The van der Waals surface area contributed by atoms with Crippen molar-refractivity contribution in [1.82, 2.24) is 24.6 Å². The molecule has 0 amide bonds. The highest BCUT2D eigenvalue weighted by atomic mass is 19.3. The Balaban J connectivity index is 1.36. The Morgan fingerprint density at radius 3 is 2.48 bits per heavy atom. The minimum absolute atomic E-state index is 0.0488. The third-order valence-corrected chi connectivity index (χ3v) is 7.98. The van der Waals surface area contributed by atoms with Gasteiger partial charge in [0.05, 0.1) is 5.69 Å². The molecule has 3 heterocycles. The highest BCUT2D eigenvalue weighted by Crippen LogP contribution is 2.64. The molecule has 5 rings (SSSR count). The molecule has 3 fully saturated rings. The van der Waals surface area contributed by atoms with E-state index in [-0.39, 0.29) is 17.6 Å². The molecule has 3 aliphatic rings. The van der Waals surface area contributed by atoms with Gasteiger partial charge in [-0.2, -0.15) is 13.9 Å². The molecule has 33 heavy (non-hydrogen) atoms. The monoisotopic (exact) mass is 460 g/mol. The Morgan fingerprint density at radius 1 is 1.15 bits per heavy atom. The summed E-state index contributed by atoms with van der Waals surface area (Å²) < 4.78 is 32.2. The molecule has 2 saturated carbocycles. The number of likely N-dealkylation sites (N-methyl/N-ethyl adjacent to an activating group) is 1. The van der Waals surface area contributed by atoms with Crippen molar-refractivity contribution in [3.63, 3.8) is 0 Å². The first-order valence-electron chi connectivity index (χ1n) is 12.1. The van der Waals surface area contributed by atoms with E-state index >= 15 is 0 Å². The second-order valence-electron chi connectivity index (χ2n) is 9.96. The molecule has 3 unspecified atom stereocenters. The van der Waals surface area contributed by atoms with Crippen molar-refractivity contribution in [3.8, 4) is 17.0 Å². The maximum absolute atomic E-state index is 12.8. The van der Waals surface area contributed by atoms with E-state index in [4.69, 9.17) is 10.8 Å². The summed E-state index contributed by atoms with van der Waals surface area (Å²) in [6.45, 7) is 6.06. The Bertz CT molecular complexity index is 977. The highest BCUT2D eigenvalue weighted by Gasteiger charge is 2.58. The lowest BCUT2D eigenvalue weighted by molar-refractivity contribution is -0.0494. The van der Waals surface area contributed by atoms with Gasteiger partial charge in [-0.15, -0.1) is 0 Å². The quantitative estimate of drug-likeness (QED) is 0.677. The summed E-state index contributed by atoms with van der Waals surface area (Å²) in [6, 6.07) is 4.61. The zero-order valence-electron chi connectivity index (χ0n) is 19.6. The van der Waals surface area contributed by atoms with Crippen LogP contribution in [0.1, 0.15) is 50.8 Å². The molecule has 2 aromatic rings. The van der Waals surface area contributed by atoms with Crippen molar-refractivity contribution in [2.45, 2.75) is 57.7 Å². The van der Waals surface area contributed by atoms with E-state index in [1.54, 1.807) is 6.20 Å². The van der Waals surface area contributed by atoms with Crippen LogP contribution in [0.15, 0.2) is 18.3 Å². The van der Waals surface area contributed by atoms with Crippen LogP contribution in [0, 0.1) is 11.8 Å². The van der Waals surface area contributed by atoms with Crippen LogP contribution in [0.3, 0.4) is 0 Å². The molecular formula is C24H34F2N6O. The summed E-state index contributed by atoms with van der Waals surface area (Å²) in [5.74, 6) is 1.80. The summed E-state index contributed by atoms with van der Waals surface area (Å²) in [4.78, 5) is 9.15. The van der Waals surface area contributed by atoms with Crippen molar-refractivity contribution in [2.75, 3.05) is 39.0 Å². The van der Waals surface area contributed by atoms with E-state index in [1.807, 2.05) is 0 Å². The summed E-state index contributed by atoms with van der Waals surface area (Å²) in [5.41, 5.74) is 8.36. The summed E-state index contributed by atoms with van der Waals surface area (Å²) in [7, 11) is 2.20. The molecule has 3 atom stereocenters. The predicted molar refractivity (Wildman–Crippen MR) is 123 cm³/mol. The first kappa shape index (κ1) is 22.5. The highest BCUT2D eigenvalue weighted by molar-refractivity contribution is 5.64. The number of rotatable bonds is 7. The normalized spacial score (nSPS) is 28.8. The lowest BCUT2D eigenvalue weighted by atomic mass is 10.0. The van der Waals surface area contributed by atoms with E-state index in [9.17, 15) is 8.78 Å². The number of nitrogens with two attached hydrogens (primary N) is 1. The molecule has 1 saturated heterocycles. The number of nitrogen functional groups attached to an aromatic ring is 1. The van der Waals surface area contributed by atoms with Gasteiger partial charge in [0.2, 0.25) is 0 Å². The van der Waals surface area contributed by atoms with Gasteiger partial charge in [0.25, 0.3) is 0 Å². The van der Waals surface area contributed by atoms with Crippen LogP contribution in [0.5, 0.6) is 5.75 Å². The molecular weight excluding hydrogens is 426 g/mol. The van der Waals surface area contributed by atoms with E-state index in [1.165, 1.54) is 37.7 Å². The van der Waals surface area contributed by atoms with Gasteiger partial charge in [-0.25, -0.2) is 4.98 Å². The Labute approximate surface area is 193 Å². The van der Waals surface area contributed by atoms with Gasteiger partial charge in [-0.1, -0.05) is 6.92 Å². The molecule has 2 aliphatic carbocycles. The molecule has 1 aliphatic heterocycles. The van der Waals surface area contributed by atoms with Gasteiger partial charge < -0.3 is 15.4 Å². The van der Waals surface area contributed by atoms with Crippen LogP contribution in [0.25, 0.3) is 11.3 Å². The summed E-state index contributed by atoms with van der Waals surface area (Å²) in [6.07, 6.45) is 5.07. The van der Waals surface area contributed by atoms with Crippen LogP contribution < -0.4 is 10.5 Å². The fourth-order valence-corrected chi connectivity index (χ4v) is 5.85. The SMILES string of the molecule is CCC(C)n1nc(-c2cnc(N)c(OC(F)F)c2)cc1C1C2CC(N3CCN(C)CC3)CC21. The lowest BCUT2D eigenvalue weighted by Crippen LogP contribution is -2.48. The number of pyridine rings is 1. The van der Waals surface area contributed by atoms with Crippen LogP contribution in [-0.2, 0) is 0 Å². The Kier molecular flexibility index (Phi) is 6.03. The number of nitrogens with zero attached hydrogens (tertiary/aromatic N) is 5. The van der Waals surface area contributed by atoms with Crippen LogP contribution in [0.4, 0.5) is 14.6 Å². The molecule has 2 aromatic heterocycles. The fraction of sp³-hybridized carbons (Fsp3) is 0.667. The smallest absolute Gasteiger partial charge is 0.387 e. The number of hydrogen-bond acceptors (Lipinski definition) is 6. The summed E-state index contributed by atoms with van der Waals surface area (Å²) in [5, 5.41) is 4.88. The van der Waals surface area contributed by atoms with Crippen LogP contribution in [-0.4, -0.2) is 70.4 Å². The first-order chi connectivity index (χ1) is 15.9. The van der Waals surface area contributed by atoms with Crippen molar-refractivity contribution in [1.29, 1.82) is 0 Å². The molecule has 0 bridgehead atoms. The minimum Gasteiger partial charge on any atom is -0.431 e. The number of halogens is 2. The number of piperazine rings is 1. The predicted octanol–water partition coefficient (Wildman–Crippen LogP) is 3.84. The topological polar surface area (TPSA) is 72.4 Å². The van der Waals surface area contributed by atoms with Crippen molar-refractivity contribution in [3.05, 3.63) is 24.0 Å². The van der Waals surface area contributed by atoms with Gasteiger partial charge >= 0.3 is 6.61 Å². The first-order valence-corrected chi connectivity index (χ1v) is 12.1. The fourth-order valence-electron chi connectivity index (χ4n) is 5.85. The van der Waals surface area contributed by atoms with Crippen molar-refractivity contribution < 1.29 is 13.5 Å². The molecule has 0 aromatic carbocycles. The number of aromatic nitrogens is 3. The molecule has 180 valence electrons. The standard InChI is InChI=1S/C24H34F2N6O/c1-4-14(2)32-20(12-19(29-32)15-9-21(33-24(25)26)23(27)28-13-15)22-17-10-16(11-18(17)22)31-7-5-30(3)6-8-31/h9,12-14,16-18,22,24H,4-8,10-11H2,1-3H3,(H2,27,28). The van der Waals surface area contributed by atoms with Crippen molar-refractivity contribution >= 4 is 5.82 Å². The van der Waals surface area contributed by atoms with E-state index in [0.717, 1.165) is 25.2 Å². The van der Waals surface area contributed by atoms with E-state index < -0.39 is 6.61 Å². The minimum atomic E-state index is -2.95. The third-order valence-electron chi connectivity index (χ3n) is 7.98. The number of fused-ring (bicyclic) bond motifs is 1. The van der Waals surface area contributed by atoms with Gasteiger partial charge in [0.1, 0.15) is 0 Å². The van der Waals surface area contributed by atoms with Crippen molar-refractivity contribution in [2.24, 2.45) is 11.8 Å². The van der Waals surface area contributed by atoms with Gasteiger partial charge in [0.15, 0.2) is 11.6 Å². The lowest BCUT2D eigenvalue weighted by Gasteiger charge is -2.37. The van der Waals surface area contributed by atoms with Gasteiger partial charge in [-0.3, -0.25) is 9.58 Å². The number of alkyl halides is 2. The van der Waals surface area contributed by atoms with Crippen LogP contribution >= 0.6 is 0 Å². The zero-order chi connectivity index (χ0) is 23.3. The summed E-state index contributed by atoms with van der Waals surface area (Å²) >= 11 is 0. The Hall–Kier alpha value is -2.26. The van der Waals surface area contributed by atoms with E-state index in [0.29, 0.717) is 29.4 Å². The molecule has 0 radical (unpaired) electrons. The molecule has 2 N–H and O–H groups in total. The maximum atomic E-state index is 12.8. The average Bonchev–Trinajstić information content (AvgIpc) is 3.14. The second kappa shape index (κ2) is 8.83. The Morgan fingerprint density at radius 2 is 1.85 bits per heavy atom. The number of anilines is 1. The molecule has 9 heteroatoms.